The van der Waals surface area contributed by atoms with E-state index >= 15 is 0 Å². The smallest absolute Gasteiger partial charge is 0.320 e. The lowest BCUT2D eigenvalue weighted by Crippen LogP contribution is -2.42. The largest absolute Gasteiger partial charge is 0.480 e. The lowest BCUT2D eigenvalue weighted by molar-refractivity contribution is -0.143. The summed E-state index contributed by atoms with van der Waals surface area (Å²) in [6, 6.07) is 11.5. The fraction of sp³-hybridized carbons (Fsp3) is 0.633. The molecule has 2 aromatic rings. The fourth-order valence-corrected chi connectivity index (χ4v) is 7.22. The lowest BCUT2D eigenvalue weighted by atomic mass is 9.86. The number of halogens is 2. The van der Waals surface area contributed by atoms with Crippen LogP contribution in [-0.2, 0) is 10.7 Å². The highest BCUT2D eigenvalue weighted by molar-refractivity contribution is 7.10. The molecule has 5 rings (SSSR count). The Morgan fingerprint density at radius 2 is 1.89 bits per heavy atom. The quantitative estimate of drug-likeness (QED) is 0.355. The fourth-order valence-electron chi connectivity index (χ4n) is 6.48. The van der Waals surface area contributed by atoms with Crippen molar-refractivity contribution in [3.8, 4) is 0 Å². The lowest BCUT2D eigenvalue weighted by Gasteiger charge is -2.35. The van der Waals surface area contributed by atoms with Gasteiger partial charge < -0.3 is 10.0 Å². The van der Waals surface area contributed by atoms with Gasteiger partial charge in [-0.3, -0.25) is 9.69 Å². The maximum Gasteiger partial charge on any atom is 0.320 e. The van der Waals surface area contributed by atoms with Crippen molar-refractivity contribution >= 4 is 17.3 Å². The number of alkyl halides is 2. The van der Waals surface area contributed by atoms with Gasteiger partial charge in [0.15, 0.2) is 0 Å². The highest BCUT2D eigenvalue weighted by Crippen LogP contribution is 2.41. The Kier molecular flexibility index (Phi) is 8.32. The van der Waals surface area contributed by atoms with E-state index in [1.807, 2.05) is 0 Å². The predicted octanol–water partition coefficient (Wildman–Crippen LogP) is 6.61. The van der Waals surface area contributed by atoms with Crippen LogP contribution in [0.2, 0.25) is 0 Å². The zero-order valence-electron chi connectivity index (χ0n) is 21.8. The van der Waals surface area contributed by atoms with Gasteiger partial charge in [0.25, 0.3) is 5.92 Å². The van der Waals surface area contributed by atoms with Crippen LogP contribution in [0.25, 0.3) is 0 Å². The summed E-state index contributed by atoms with van der Waals surface area (Å²) >= 11 is 1.15. The van der Waals surface area contributed by atoms with E-state index < -0.39 is 11.9 Å². The first-order valence-electron chi connectivity index (χ1n) is 14.0. The van der Waals surface area contributed by atoms with Crippen molar-refractivity contribution in [1.82, 2.24) is 9.80 Å². The van der Waals surface area contributed by atoms with E-state index in [-0.39, 0.29) is 17.3 Å². The molecule has 202 valence electrons. The van der Waals surface area contributed by atoms with Crippen molar-refractivity contribution in [3.63, 3.8) is 0 Å². The average molecular weight is 531 g/mol. The molecule has 3 atom stereocenters. The van der Waals surface area contributed by atoms with Gasteiger partial charge in [0.2, 0.25) is 0 Å². The van der Waals surface area contributed by atoms with Crippen LogP contribution in [-0.4, -0.2) is 59.6 Å². The number of hydrogen-bond donors (Lipinski definition) is 1. The molecule has 0 radical (unpaired) electrons. The Labute approximate surface area is 223 Å². The number of carboxylic acid groups (broad SMARTS) is 1. The highest BCUT2D eigenvalue weighted by atomic mass is 32.1. The molecule has 3 aliphatic rings. The van der Waals surface area contributed by atoms with E-state index in [2.05, 4.69) is 41.0 Å². The molecule has 1 aromatic carbocycles. The number of carbonyl (C=O) groups is 1. The molecular weight excluding hydrogens is 490 g/mol. The van der Waals surface area contributed by atoms with E-state index in [1.54, 1.807) is 17.5 Å². The van der Waals surface area contributed by atoms with Crippen LogP contribution in [0.5, 0.6) is 0 Å². The molecule has 3 unspecified atom stereocenters. The highest BCUT2D eigenvalue weighted by Gasteiger charge is 2.42. The van der Waals surface area contributed by atoms with Crippen molar-refractivity contribution in [3.05, 3.63) is 57.8 Å². The Hall–Kier alpha value is -1.83. The summed E-state index contributed by atoms with van der Waals surface area (Å²) in [5.41, 5.74) is 2.55. The summed E-state index contributed by atoms with van der Waals surface area (Å²) in [5.74, 6) is -1.78. The minimum Gasteiger partial charge on any atom is -0.480 e. The Balaban J connectivity index is 1.19. The van der Waals surface area contributed by atoms with E-state index in [4.69, 9.17) is 0 Å². The number of hydrogen-bond acceptors (Lipinski definition) is 4. The van der Waals surface area contributed by atoms with E-state index in [0.717, 1.165) is 76.2 Å². The van der Waals surface area contributed by atoms with Crippen molar-refractivity contribution in [1.29, 1.82) is 0 Å². The number of aryl methyl sites for hydroxylation is 1. The van der Waals surface area contributed by atoms with Gasteiger partial charge in [-0.25, -0.2) is 8.78 Å². The second-order valence-electron chi connectivity index (χ2n) is 11.7. The van der Waals surface area contributed by atoms with Crippen molar-refractivity contribution in [2.24, 2.45) is 17.8 Å². The number of piperidine rings is 1. The molecule has 0 bridgehead atoms. The van der Waals surface area contributed by atoms with E-state index in [1.165, 1.54) is 11.1 Å². The van der Waals surface area contributed by atoms with Crippen molar-refractivity contribution in [2.45, 2.75) is 69.8 Å². The van der Waals surface area contributed by atoms with Crippen LogP contribution >= 0.6 is 11.3 Å². The summed E-state index contributed by atoms with van der Waals surface area (Å²) < 4.78 is 29.0. The molecule has 3 heterocycles. The molecule has 7 heteroatoms. The first-order valence-corrected chi connectivity index (χ1v) is 14.8. The second kappa shape index (κ2) is 11.5. The van der Waals surface area contributed by atoms with Crippen LogP contribution in [0, 0.1) is 24.7 Å². The third kappa shape index (κ3) is 6.79. The van der Waals surface area contributed by atoms with Crippen molar-refractivity contribution in [2.75, 3.05) is 32.7 Å². The molecule has 1 saturated carbocycles. The number of benzene rings is 1. The van der Waals surface area contributed by atoms with Crippen molar-refractivity contribution < 1.29 is 18.7 Å². The van der Waals surface area contributed by atoms with E-state index in [0.29, 0.717) is 30.1 Å². The minimum atomic E-state index is -2.72. The van der Waals surface area contributed by atoms with Crippen LogP contribution < -0.4 is 0 Å². The molecule has 3 fully saturated rings. The van der Waals surface area contributed by atoms with Crippen LogP contribution in [0.4, 0.5) is 8.78 Å². The summed E-state index contributed by atoms with van der Waals surface area (Å²) in [4.78, 5) is 17.1. The molecule has 1 aliphatic carbocycles. The third-order valence-electron chi connectivity index (χ3n) is 8.87. The molecule has 4 nitrogen and oxygen atoms in total. The zero-order valence-corrected chi connectivity index (χ0v) is 22.6. The zero-order chi connectivity index (χ0) is 26.0. The van der Waals surface area contributed by atoms with Crippen LogP contribution in [0.3, 0.4) is 0 Å². The molecule has 0 amide bonds. The van der Waals surface area contributed by atoms with Gasteiger partial charge in [0, 0.05) is 32.0 Å². The van der Waals surface area contributed by atoms with Gasteiger partial charge in [-0.15, -0.1) is 11.3 Å². The number of likely N-dealkylation sites (tertiary alicyclic amines) is 2. The molecule has 37 heavy (non-hydrogen) atoms. The summed E-state index contributed by atoms with van der Waals surface area (Å²) in [6.07, 6.45) is 5.53. The molecule has 1 aromatic heterocycles. The standard InChI is InChI=1S/C30H40F2N2O2S/c1-21-4-2-5-24(16-21)26-20-34(27(29(35)36)17-23-7-8-23)19-25(26)18-33-13-10-22(11-14-33)9-12-30(31,32)28-6-3-15-37-28/h2-6,15-16,22-23,25-27H,7-14,17-20H2,1H3,(H,35,36). The second-order valence-corrected chi connectivity index (χ2v) is 12.7. The van der Waals surface area contributed by atoms with Gasteiger partial charge in [-0.1, -0.05) is 48.7 Å². The Morgan fingerprint density at radius 3 is 2.54 bits per heavy atom. The minimum absolute atomic E-state index is 0.0667. The molecule has 1 N–H and O–H groups in total. The van der Waals surface area contributed by atoms with E-state index in [9.17, 15) is 18.7 Å². The summed E-state index contributed by atoms with van der Waals surface area (Å²) in [7, 11) is 0. The van der Waals surface area contributed by atoms with Crippen LogP contribution in [0.15, 0.2) is 41.8 Å². The van der Waals surface area contributed by atoms with Gasteiger partial charge in [0.1, 0.15) is 6.04 Å². The number of aliphatic carboxylic acids is 1. The van der Waals surface area contributed by atoms with Gasteiger partial charge in [-0.2, -0.15) is 0 Å². The molecular formula is C30H40F2N2O2S. The van der Waals surface area contributed by atoms with Crippen LogP contribution in [0.1, 0.15) is 66.9 Å². The SMILES string of the molecule is Cc1cccc(C2CN(C(CC3CC3)C(=O)O)CC2CN2CCC(CCC(F)(F)c3cccs3)CC2)c1. The Bertz CT molecular complexity index is 1030. The molecule has 2 aliphatic heterocycles. The number of thiophene rings is 1. The summed E-state index contributed by atoms with van der Waals surface area (Å²) in [6.45, 7) is 6.56. The third-order valence-corrected chi connectivity index (χ3v) is 9.85. The predicted molar refractivity (Wildman–Crippen MR) is 144 cm³/mol. The topological polar surface area (TPSA) is 43.8 Å². The number of rotatable bonds is 11. The number of carboxylic acids is 1. The number of nitrogens with zero attached hydrogens (tertiary/aromatic N) is 2. The first-order chi connectivity index (χ1) is 17.8. The Morgan fingerprint density at radius 1 is 1.11 bits per heavy atom. The monoisotopic (exact) mass is 530 g/mol. The molecule has 0 spiro atoms. The van der Waals surface area contributed by atoms with Gasteiger partial charge >= 0.3 is 5.97 Å². The maximum atomic E-state index is 14.5. The average Bonchev–Trinajstić information content (AvgIpc) is 3.34. The van der Waals surface area contributed by atoms with Gasteiger partial charge in [-0.05, 0) is 80.5 Å². The molecule has 2 saturated heterocycles. The normalized spacial score (nSPS) is 24.9. The summed E-state index contributed by atoms with van der Waals surface area (Å²) in [5, 5.41) is 11.7. The first kappa shape index (κ1) is 26.8. The van der Waals surface area contributed by atoms with Gasteiger partial charge in [0.05, 0.1) is 4.88 Å². The maximum absolute atomic E-state index is 14.5.